The van der Waals surface area contributed by atoms with E-state index >= 15 is 0 Å². The molecule has 0 spiro atoms. The highest BCUT2D eigenvalue weighted by atomic mass is 35.5. The third-order valence-electron chi connectivity index (χ3n) is 5.02. The van der Waals surface area contributed by atoms with Gasteiger partial charge >= 0.3 is 0 Å². The molecule has 0 amide bonds. The summed E-state index contributed by atoms with van der Waals surface area (Å²) in [5.74, 6) is 0.348. The average molecular weight is 426 g/mol. The molecule has 1 aliphatic heterocycles. The Morgan fingerprint density at radius 2 is 1.67 bits per heavy atom. The van der Waals surface area contributed by atoms with Gasteiger partial charge in [-0.15, -0.1) is 0 Å². The number of carbonyl (C=O) groups is 1. The molecule has 0 unspecified atom stereocenters. The maximum atomic E-state index is 12.6. The van der Waals surface area contributed by atoms with Crippen molar-refractivity contribution in [3.05, 3.63) is 68.7 Å². The van der Waals surface area contributed by atoms with E-state index in [-0.39, 0.29) is 11.7 Å². The summed E-state index contributed by atoms with van der Waals surface area (Å²) in [7, 11) is 0. The van der Waals surface area contributed by atoms with Crippen molar-refractivity contribution in [3.63, 3.8) is 0 Å². The van der Waals surface area contributed by atoms with Gasteiger partial charge < -0.3 is 10.2 Å². The smallest absolute Gasteiger partial charge is 0.166 e. The van der Waals surface area contributed by atoms with Gasteiger partial charge in [0.05, 0.1) is 0 Å². The van der Waals surface area contributed by atoms with Gasteiger partial charge in [0.25, 0.3) is 0 Å². The van der Waals surface area contributed by atoms with Crippen LogP contribution in [0.3, 0.4) is 0 Å². The van der Waals surface area contributed by atoms with Gasteiger partial charge in [0.2, 0.25) is 0 Å². The Balaban J connectivity index is 1.39. The maximum absolute atomic E-state index is 12.6. The Morgan fingerprint density at radius 3 is 2.37 bits per heavy atom. The predicted molar refractivity (Wildman–Crippen MR) is 113 cm³/mol. The lowest BCUT2D eigenvalue weighted by atomic mass is 9.89. The van der Waals surface area contributed by atoms with E-state index in [2.05, 4.69) is 10.2 Å². The van der Waals surface area contributed by atoms with Gasteiger partial charge in [-0.3, -0.25) is 4.79 Å². The van der Waals surface area contributed by atoms with Gasteiger partial charge in [0.1, 0.15) is 0 Å². The molecule has 6 heteroatoms. The van der Waals surface area contributed by atoms with Crippen molar-refractivity contribution >= 4 is 40.6 Å². The Morgan fingerprint density at radius 1 is 1.00 bits per heavy atom. The molecule has 0 atom stereocenters. The number of Topliss-reactive ketones (excluding diaryl/α,β-unsaturated/α-hetero) is 1. The number of nitrogens with one attached hydrogen (secondary N) is 1. The molecule has 1 fully saturated rings. The fourth-order valence-electron chi connectivity index (χ4n) is 3.41. The molecular weight excluding hydrogens is 403 g/mol. The van der Waals surface area contributed by atoms with Crippen LogP contribution in [0.5, 0.6) is 0 Å². The van der Waals surface area contributed by atoms with Crippen LogP contribution < -0.4 is 5.32 Å². The summed E-state index contributed by atoms with van der Waals surface area (Å²) < 4.78 is 0. The highest BCUT2D eigenvalue weighted by Crippen LogP contribution is 2.23. The van der Waals surface area contributed by atoms with Crippen LogP contribution >= 0.6 is 34.8 Å². The highest BCUT2D eigenvalue weighted by molar-refractivity contribution is 6.33. The van der Waals surface area contributed by atoms with E-state index < -0.39 is 0 Å². The standard InChI is InChI=1S/C21H23Cl3N2O/c22-18-3-1-15(2-4-18)21(27)16-7-10-26(11-8-16)12-9-25-14-17-13-19(23)5-6-20(17)24/h1-6,13,16,25H,7-12,14H2. The van der Waals surface area contributed by atoms with E-state index in [1.165, 1.54) is 0 Å². The number of likely N-dealkylation sites (tertiary alicyclic amines) is 1. The summed E-state index contributed by atoms with van der Waals surface area (Å²) in [6, 6.07) is 12.7. The van der Waals surface area contributed by atoms with Gasteiger partial charge in [0.15, 0.2) is 5.78 Å². The third-order valence-corrected chi connectivity index (χ3v) is 5.87. The van der Waals surface area contributed by atoms with E-state index in [0.717, 1.165) is 55.2 Å². The number of rotatable bonds is 7. The fraction of sp³-hybridized carbons (Fsp3) is 0.381. The SMILES string of the molecule is O=C(c1ccc(Cl)cc1)C1CCN(CCNCc2cc(Cl)ccc2Cl)CC1. The van der Waals surface area contributed by atoms with Crippen LogP contribution in [0, 0.1) is 5.92 Å². The molecule has 1 N–H and O–H groups in total. The lowest BCUT2D eigenvalue weighted by Gasteiger charge is -2.31. The van der Waals surface area contributed by atoms with Crippen molar-refractivity contribution in [2.45, 2.75) is 19.4 Å². The Labute approximate surface area is 175 Å². The molecule has 0 saturated carbocycles. The minimum absolute atomic E-state index is 0.112. The van der Waals surface area contributed by atoms with Crippen LogP contribution in [0.25, 0.3) is 0 Å². The summed E-state index contributed by atoms with van der Waals surface area (Å²) in [5, 5.41) is 5.51. The summed E-state index contributed by atoms with van der Waals surface area (Å²) in [5.41, 5.74) is 1.77. The van der Waals surface area contributed by atoms with Crippen LogP contribution in [0.15, 0.2) is 42.5 Å². The van der Waals surface area contributed by atoms with Gasteiger partial charge in [-0.1, -0.05) is 34.8 Å². The first-order chi connectivity index (χ1) is 13.0. The Bertz CT molecular complexity index is 771. The number of halogens is 3. The molecule has 0 bridgehead atoms. The summed E-state index contributed by atoms with van der Waals surface area (Å²) in [4.78, 5) is 15.0. The zero-order chi connectivity index (χ0) is 19.2. The first-order valence-corrected chi connectivity index (χ1v) is 10.3. The molecule has 2 aromatic rings. The number of hydrogen-bond acceptors (Lipinski definition) is 3. The van der Waals surface area contributed by atoms with E-state index in [1.807, 2.05) is 24.3 Å². The quantitative estimate of drug-likeness (QED) is 0.480. The van der Waals surface area contributed by atoms with Gasteiger partial charge in [0, 0.05) is 46.2 Å². The first-order valence-electron chi connectivity index (χ1n) is 9.19. The van der Waals surface area contributed by atoms with Crippen LogP contribution in [0.2, 0.25) is 15.1 Å². The van der Waals surface area contributed by atoms with Gasteiger partial charge in [-0.05, 0) is 74.0 Å². The van der Waals surface area contributed by atoms with E-state index in [1.54, 1.807) is 18.2 Å². The molecular formula is C21H23Cl3N2O. The Hall–Kier alpha value is -1.10. The highest BCUT2D eigenvalue weighted by Gasteiger charge is 2.25. The number of hydrogen-bond donors (Lipinski definition) is 1. The van der Waals surface area contributed by atoms with Crippen molar-refractivity contribution in [1.82, 2.24) is 10.2 Å². The minimum Gasteiger partial charge on any atom is -0.311 e. The number of ketones is 1. The summed E-state index contributed by atoms with van der Waals surface area (Å²) in [6.07, 6.45) is 1.81. The second-order valence-corrected chi connectivity index (χ2v) is 8.18. The van der Waals surface area contributed by atoms with Crippen LogP contribution in [0.4, 0.5) is 0 Å². The second kappa shape index (κ2) is 9.90. The Kier molecular flexibility index (Phi) is 7.57. The van der Waals surface area contributed by atoms with Gasteiger partial charge in [-0.25, -0.2) is 0 Å². The van der Waals surface area contributed by atoms with E-state index in [0.29, 0.717) is 16.6 Å². The number of benzene rings is 2. The van der Waals surface area contributed by atoms with E-state index in [4.69, 9.17) is 34.8 Å². The molecule has 3 nitrogen and oxygen atoms in total. The van der Waals surface area contributed by atoms with Crippen molar-refractivity contribution in [3.8, 4) is 0 Å². The lowest BCUT2D eigenvalue weighted by molar-refractivity contribution is 0.0841. The molecule has 3 rings (SSSR count). The van der Waals surface area contributed by atoms with Crippen LogP contribution in [0.1, 0.15) is 28.8 Å². The normalized spacial score (nSPS) is 15.8. The predicted octanol–water partition coefficient (Wildman–Crippen LogP) is 5.33. The monoisotopic (exact) mass is 424 g/mol. The van der Waals surface area contributed by atoms with Gasteiger partial charge in [-0.2, -0.15) is 0 Å². The molecule has 1 saturated heterocycles. The molecule has 1 heterocycles. The van der Waals surface area contributed by atoms with Crippen LogP contribution in [-0.4, -0.2) is 36.9 Å². The lowest BCUT2D eigenvalue weighted by Crippen LogP contribution is -2.39. The first kappa shape index (κ1) is 20.6. The van der Waals surface area contributed by atoms with Crippen molar-refractivity contribution in [2.24, 2.45) is 5.92 Å². The molecule has 1 aliphatic rings. The zero-order valence-corrected chi connectivity index (χ0v) is 17.3. The number of piperidine rings is 1. The molecule has 27 heavy (non-hydrogen) atoms. The largest absolute Gasteiger partial charge is 0.311 e. The topological polar surface area (TPSA) is 32.3 Å². The maximum Gasteiger partial charge on any atom is 0.166 e. The average Bonchev–Trinajstić information content (AvgIpc) is 2.68. The zero-order valence-electron chi connectivity index (χ0n) is 15.1. The third kappa shape index (κ3) is 5.94. The molecule has 2 aromatic carbocycles. The number of nitrogens with zero attached hydrogens (tertiary/aromatic N) is 1. The molecule has 0 radical (unpaired) electrons. The molecule has 0 aliphatic carbocycles. The van der Waals surface area contributed by atoms with Crippen molar-refractivity contribution < 1.29 is 4.79 Å². The summed E-state index contributed by atoms with van der Waals surface area (Å²) in [6.45, 7) is 4.43. The minimum atomic E-state index is 0.112. The fourth-order valence-corrected chi connectivity index (χ4v) is 3.91. The molecule has 0 aromatic heterocycles. The second-order valence-electron chi connectivity index (χ2n) is 6.90. The number of carbonyl (C=O) groups excluding carboxylic acids is 1. The van der Waals surface area contributed by atoms with Crippen molar-refractivity contribution in [1.29, 1.82) is 0 Å². The molecule has 144 valence electrons. The summed E-state index contributed by atoms with van der Waals surface area (Å²) >= 11 is 18.1. The van der Waals surface area contributed by atoms with E-state index in [9.17, 15) is 4.79 Å². The van der Waals surface area contributed by atoms with Crippen molar-refractivity contribution in [2.75, 3.05) is 26.2 Å². The van der Waals surface area contributed by atoms with Crippen LogP contribution in [-0.2, 0) is 6.54 Å².